The molecule has 0 bridgehead atoms. The molecular weight excluding hydrogens is 328 g/mol. The topological polar surface area (TPSA) is 51.5 Å². The average Bonchev–Trinajstić information content (AvgIpc) is 2.99. The summed E-state index contributed by atoms with van der Waals surface area (Å²) < 4.78 is 7.04. The van der Waals surface area contributed by atoms with Crippen molar-refractivity contribution in [2.45, 2.75) is 46.1 Å². The van der Waals surface area contributed by atoms with Gasteiger partial charge < -0.3 is 14.2 Å². The Morgan fingerprint density at radius 3 is 2.85 bits per heavy atom. The number of ether oxygens (including phenoxy) is 1. The summed E-state index contributed by atoms with van der Waals surface area (Å²) in [5, 5.41) is 1.15. The van der Waals surface area contributed by atoms with Crippen LogP contribution in [0.25, 0.3) is 10.9 Å². The molecule has 1 aromatic heterocycles. The number of piperidine rings is 1. The van der Waals surface area contributed by atoms with Crippen molar-refractivity contribution in [3.05, 3.63) is 36.0 Å². The van der Waals surface area contributed by atoms with Gasteiger partial charge in [0.15, 0.2) is 0 Å². The Bertz CT molecular complexity index is 781. The van der Waals surface area contributed by atoms with Gasteiger partial charge in [0.1, 0.15) is 6.54 Å². The number of rotatable bonds is 7. The van der Waals surface area contributed by atoms with Gasteiger partial charge in [0, 0.05) is 36.1 Å². The van der Waals surface area contributed by atoms with Gasteiger partial charge in [-0.15, -0.1) is 0 Å². The number of fused-ring (bicyclic) bond motifs is 1. The predicted molar refractivity (Wildman–Crippen MR) is 102 cm³/mol. The summed E-state index contributed by atoms with van der Waals surface area (Å²) in [5.41, 5.74) is 2.21. The monoisotopic (exact) mass is 356 g/mol. The number of hydrogen-bond acceptors (Lipinski definition) is 3. The SMILES string of the molecule is CCOC(=O)Cn1cc(CCN2CCCC(CC)C2=O)c2ccccc21. The van der Waals surface area contributed by atoms with Gasteiger partial charge in [0.05, 0.1) is 6.61 Å². The number of likely N-dealkylation sites (tertiary alicyclic amines) is 1. The summed E-state index contributed by atoms with van der Waals surface area (Å²) in [6.07, 6.45) is 5.87. The van der Waals surface area contributed by atoms with Gasteiger partial charge in [-0.25, -0.2) is 0 Å². The highest BCUT2D eigenvalue weighted by molar-refractivity contribution is 5.85. The van der Waals surface area contributed by atoms with Crippen molar-refractivity contribution in [1.29, 1.82) is 0 Å². The van der Waals surface area contributed by atoms with E-state index in [0.717, 1.165) is 49.7 Å². The van der Waals surface area contributed by atoms with E-state index in [4.69, 9.17) is 4.74 Å². The Labute approximate surface area is 154 Å². The average molecular weight is 356 g/mol. The van der Waals surface area contributed by atoms with Crippen LogP contribution in [0.1, 0.15) is 38.7 Å². The first kappa shape index (κ1) is 18.5. The molecule has 1 aromatic carbocycles. The fourth-order valence-electron chi connectivity index (χ4n) is 3.88. The second-order valence-corrected chi connectivity index (χ2v) is 6.93. The standard InChI is InChI=1S/C21H28N2O3/c1-3-16-8-7-12-22(21(16)25)13-11-17-14-23(15-20(24)26-4-2)19-10-6-5-9-18(17)19/h5-6,9-10,14,16H,3-4,7-8,11-13,15H2,1-2H3. The van der Waals surface area contributed by atoms with E-state index in [1.54, 1.807) is 0 Å². The van der Waals surface area contributed by atoms with E-state index >= 15 is 0 Å². The van der Waals surface area contributed by atoms with E-state index in [0.29, 0.717) is 12.5 Å². The Morgan fingerprint density at radius 2 is 2.08 bits per heavy atom. The number of carbonyl (C=O) groups is 2. The first-order valence-corrected chi connectivity index (χ1v) is 9.65. The number of aromatic nitrogens is 1. The van der Waals surface area contributed by atoms with Crippen LogP contribution in [-0.4, -0.2) is 41.0 Å². The maximum atomic E-state index is 12.5. The van der Waals surface area contributed by atoms with Crippen molar-refractivity contribution in [2.24, 2.45) is 5.92 Å². The smallest absolute Gasteiger partial charge is 0.325 e. The van der Waals surface area contributed by atoms with Gasteiger partial charge >= 0.3 is 5.97 Å². The normalized spacial score (nSPS) is 17.7. The Morgan fingerprint density at radius 1 is 1.27 bits per heavy atom. The first-order chi connectivity index (χ1) is 12.6. The highest BCUT2D eigenvalue weighted by Gasteiger charge is 2.27. The molecular formula is C21H28N2O3. The molecule has 1 fully saturated rings. The molecule has 0 N–H and O–H groups in total. The lowest BCUT2D eigenvalue weighted by atomic mass is 9.94. The number of esters is 1. The molecule has 2 heterocycles. The summed E-state index contributed by atoms with van der Waals surface area (Å²) in [6, 6.07) is 8.10. The minimum Gasteiger partial charge on any atom is -0.465 e. The van der Waals surface area contributed by atoms with E-state index in [9.17, 15) is 9.59 Å². The number of amides is 1. The third kappa shape index (κ3) is 3.92. The lowest BCUT2D eigenvalue weighted by Crippen LogP contribution is -2.42. The number of hydrogen-bond donors (Lipinski definition) is 0. The molecule has 140 valence electrons. The molecule has 5 nitrogen and oxygen atoms in total. The van der Waals surface area contributed by atoms with Crippen molar-refractivity contribution in [3.63, 3.8) is 0 Å². The fraction of sp³-hybridized carbons (Fsp3) is 0.524. The lowest BCUT2D eigenvalue weighted by Gasteiger charge is -2.31. The van der Waals surface area contributed by atoms with Gasteiger partial charge in [-0.2, -0.15) is 0 Å². The van der Waals surface area contributed by atoms with Crippen LogP contribution < -0.4 is 0 Å². The number of carbonyl (C=O) groups excluding carboxylic acids is 2. The molecule has 1 atom stereocenters. The number of nitrogens with zero attached hydrogens (tertiary/aromatic N) is 2. The zero-order chi connectivity index (χ0) is 18.5. The molecule has 0 aliphatic carbocycles. The van der Waals surface area contributed by atoms with Crippen molar-refractivity contribution < 1.29 is 14.3 Å². The van der Waals surface area contributed by atoms with E-state index in [2.05, 4.69) is 13.0 Å². The second kappa shape index (κ2) is 8.39. The summed E-state index contributed by atoms with van der Waals surface area (Å²) >= 11 is 0. The van der Waals surface area contributed by atoms with E-state index < -0.39 is 0 Å². The molecule has 1 aliphatic rings. The van der Waals surface area contributed by atoms with Crippen LogP contribution >= 0.6 is 0 Å². The highest BCUT2D eigenvalue weighted by Crippen LogP contribution is 2.24. The number of para-hydroxylation sites is 1. The third-order valence-corrected chi connectivity index (χ3v) is 5.26. The zero-order valence-corrected chi connectivity index (χ0v) is 15.7. The minimum absolute atomic E-state index is 0.189. The maximum Gasteiger partial charge on any atom is 0.325 e. The summed E-state index contributed by atoms with van der Waals surface area (Å²) in [4.78, 5) is 26.4. The quantitative estimate of drug-likeness (QED) is 0.715. The van der Waals surface area contributed by atoms with Crippen LogP contribution in [0.15, 0.2) is 30.5 Å². The van der Waals surface area contributed by atoms with Crippen LogP contribution in [0, 0.1) is 5.92 Å². The Kier molecular flexibility index (Phi) is 5.96. The third-order valence-electron chi connectivity index (χ3n) is 5.26. The number of benzene rings is 1. The molecule has 0 saturated carbocycles. The molecule has 2 aromatic rings. The Balaban J connectivity index is 1.75. The van der Waals surface area contributed by atoms with E-state index in [-0.39, 0.29) is 18.4 Å². The summed E-state index contributed by atoms with van der Waals surface area (Å²) in [5.74, 6) is 0.264. The van der Waals surface area contributed by atoms with Crippen molar-refractivity contribution in [1.82, 2.24) is 9.47 Å². The van der Waals surface area contributed by atoms with Crippen LogP contribution in [-0.2, 0) is 27.3 Å². The molecule has 5 heteroatoms. The van der Waals surface area contributed by atoms with Crippen molar-refractivity contribution >= 4 is 22.8 Å². The van der Waals surface area contributed by atoms with Gasteiger partial charge in [-0.05, 0) is 44.2 Å². The van der Waals surface area contributed by atoms with Crippen molar-refractivity contribution in [2.75, 3.05) is 19.7 Å². The first-order valence-electron chi connectivity index (χ1n) is 9.65. The van der Waals surface area contributed by atoms with Crippen molar-refractivity contribution in [3.8, 4) is 0 Å². The molecule has 26 heavy (non-hydrogen) atoms. The molecule has 1 unspecified atom stereocenters. The van der Waals surface area contributed by atoms with Crippen LogP contribution in [0.4, 0.5) is 0 Å². The predicted octanol–water partition coefficient (Wildman–Crippen LogP) is 3.40. The molecule has 1 amide bonds. The molecule has 0 radical (unpaired) electrons. The van der Waals surface area contributed by atoms with E-state index in [1.807, 2.05) is 40.8 Å². The highest BCUT2D eigenvalue weighted by atomic mass is 16.5. The van der Waals surface area contributed by atoms with Gasteiger partial charge in [-0.3, -0.25) is 9.59 Å². The van der Waals surface area contributed by atoms with Crippen LogP contribution in [0.5, 0.6) is 0 Å². The molecule has 0 spiro atoms. The Hall–Kier alpha value is -2.30. The summed E-state index contributed by atoms with van der Waals surface area (Å²) in [7, 11) is 0. The van der Waals surface area contributed by atoms with E-state index in [1.165, 1.54) is 5.56 Å². The lowest BCUT2D eigenvalue weighted by molar-refractivity contribution is -0.143. The largest absolute Gasteiger partial charge is 0.465 e. The van der Waals surface area contributed by atoms with Crippen LogP contribution in [0.3, 0.4) is 0 Å². The van der Waals surface area contributed by atoms with Gasteiger partial charge in [0.25, 0.3) is 0 Å². The van der Waals surface area contributed by atoms with Gasteiger partial charge in [-0.1, -0.05) is 25.1 Å². The van der Waals surface area contributed by atoms with Gasteiger partial charge in [0.2, 0.25) is 5.91 Å². The second-order valence-electron chi connectivity index (χ2n) is 6.93. The zero-order valence-electron chi connectivity index (χ0n) is 15.7. The van der Waals surface area contributed by atoms with Crippen LogP contribution in [0.2, 0.25) is 0 Å². The molecule has 1 saturated heterocycles. The maximum absolute atomic E-state index is 12.5. The molecule has 1 aliphatic heterocycles. The molecule has 3 rings (SSSR count). The minimum atomic E-state index is -0.225. The summed E-state index contributed by atoms with van der Waals surface area (Å²) in [6.45, 7) is 6.11. The fourth-order valence-corrected chi connectivity index (χ4v) is 3.88.